The topological polar surface area (TPSA) is 34.1 Å². The van der Waals surface area contributed by atoms with Gasteiger partial charge in [0.05, 0.1) is 0 Å². The van der Waals surface area contributed by atoms with E-state index in [1.807, 2.05) is 0 Å². The van der Waals surface area contributed by atoms with Crippen LogP contribution in [-0.2, 0) is 7.90 Å². The molecule has 0 atom stereocenters. The molecular weight excluding hydrogens is 248 g/mol. The molecule has 0 amide bonds. The Morgan fingerprint density at radius 3 is 1.27 bits per heavy atom. The van der Waals surface area contributed by atoms with E-state index in [0.717, 1.165) is 48.7 Å². The van der Waals surface area contributed by atoms with Gasteiger partial charge in [0, 0.05) is 0 Å². The lowest BCUT2D eigenvalue weighted by Crippen LogP contribution is -2.16. The third kappa shape index (κ3) is 2.86. The molecule has 0 bridgehead atoms. The van der Waals surface area contributed by atoms with Crippen LogP contribution in [0, 0.1) is 0 Å². The molecule has 2 saturated heterocycles. The maximum absolute atomic E-state index is 12.4. The SMILES string of the molecule is O=S(=O)([SH]1CCCCC1)[SH]1CCCCC1. The molecule has 15 heavy (non-hydrogen) atoms. The maximum Gasteiger partial charge on any atom is 0.214 e. The fourth-order valence-corrected chi connectivity index (χ4v) is 17.5. The first-order chi connectivity index (χ1) is 7.21. The van der Waals surface area contributed by atoms with Gasteiger partial charge < -0.3 is 0 Å². The molecule has 92 valence electrons. The third-order valence-corrected chi connectivity index (χ3v) is 18.1. The molecule has 2 aliphatic rings. The number of thiol groups is 2. The van der Waals surface area contributed by atoms with Gasteiger partial charge >= 0.3 is 0 Å². The van der Waals surface area contributed by atoms with Crippen LogP contribution in [0.4, 0.5) is 0 Å². The fourth-order valence-electron chi connectivity index (χ4n) is 2.35. The molecule has 2 fully saturated rings. The molecular formula is C10H22O2S3. The van der Waals surface area contributed by atoms with E-state index in [0.29, 0.717) is 0 Å². The van der Waals surface area contributed by atoms with Crippen molar-refractivity contribution in [3.63, 3.8) is 0 Å². The lowest BCUT2D eigenvalue weighted by Gasteiger charge is -2.34. The highest BCUT2D eigenvalue weighted by molar-refractivity contribution is 9.13. The van der Waals surface area contributed by atoms with Crippen molar-refractivity contribution in [2.45, 2.75) is 38.5 Å². The molecule has 0 radical (unpaired) electrons. The van der Waals surface area contributed by atoms with E-state index in [2.05, 4.69) is 0 Å². The Balaban J connectivity index is 2.03. The van der Waals surface area contributed by atoms with Crippen molar-refractivity contribution in [2.24, 2.45) is 0 Å². The predicted octanol–water partition coefficient (Wildman–Crippen LogP) is 2.60. The van der Waals surface area contributed by atoms with Gasteiger partial charge in [0.25, 0.3) is 0 Å². The first kappa shape index (κ1) is 12.1. The van der Waals surface area contributed by atoms with E-state index in [1.165, 1.54) is 12.8 Å². The van der Waals surface area contributed by atoms with Crippen LogP contribution in [0.1, 0.15) is 38.5 Å². The normalized spacial score (nSPS) is 29.1. The fraction of sp³-hybridized carbons (Fsp3) is 1.00. The highest BCUT2D eigenvalue weighted by Gasteiger charge is 2.30. The van der Waals surface area contributed by atoms with Crippen LogP contribution in [0.15, 0.2) is 0 Å². The molecule has 2 heterocycles. The lowest BCUT2D eigenvalue weighted by atomic mass is 10.3. The van der Waals surface area contributed by atoms with Crippen LogP contribution >= 0.6 is 19.9 Å². The summed E-state index contributed by atoms with van der Waals surface area (Å²) in [4.78, 5) is 0. The standard InChI is InChI=1S/C10H22O2S3/c11-15(12,13-7-3-1-4-8-13)14-9-5-2-6-10-14/h13-14H,1-10H2. The van der Waals surface area contributed by atoms with Crippen molar-refractivity contribution < 1.29 is 8.42 Å². The van der Waals surface area contributed by atoms with Crippen LogP contribution in [0.25, 0.3) is 0 Å². The summed E-state index contributed by atoms with van der Waals surface area (Å²) in [5.74, 6) is 4.04. The van der Waals surface area contributed by atoms with E-state index in [9.17, 15) is 8.42 Å². The molecule has 0 unspecified atom stereocenters. The average Bonchev–Trinajstić information content (AvgIpc) is 2.31. The Hall–Kier alpha value is 0.650. The minimum atomic E-state index is -2.66. The third-order valence-electron chi connectivity index (χ3n) is 3.28. The van der Waals surface area contributed by atoms with Gasteiger partial charge in [0.15, 0.2) is 0 Å². The summed E-state index contributed by atoms with van der Waals surface area (Å²) in [7, 11) is -3.93. The zero-order valence-corrected chi connectivity index (χ0v) is 11.8. The van der Waals surface area contributed by atoms with Crippen LogP contribution in [-0.4, -0.2) is 31.4 Å². The van der Waals surface area contributed by atoms with Gasteiger partial charge in [0.2, 0.25) is 7.90 Å². The smallest absolute Gasteiger partial charge is 0.209 e. The van der Waals surface area contributed by atoms with Gasteiger partial charge in [-0.1, -0.05) is 12.8 Å². The maximum atomic E-state index is 12.4. The highest BCUT2D eigenvalue weighted by atomic mass is 33.6. The molecule has 2 nitrogen and oxygen atoms in total. The Kier molecular flexibility index (Phi) is 4.30. The monoisotopic (exact) mass is 270 g/mol. The Morgan fingerprint density at radius 1 is 0.600 bits per heavy atom. The molecule has 0 aliphatic carbocycles. The molecule has 0 aromatic rings. The zero-order chi connectivity index (χ0) is 10.7. The summed E-state index contributed by atoms with van der Waals surface area (Å²) < 4.78 is 24.8. The highest BCUT2D eigenvalue weighted by Crippen LogP contribution is 2.53. The average molecular weight is 270 g/mol. The largest absolute Gasteiger partial charge is 0.214 e. The van der Waals surface area contributed by atoms with E-state index < -0.39 is 27.8 Å². The second-order valence-electron chi connectivity index (χ2n) is 4.43. The van der Waals surface area contributed by atoms with Gasteiger partial charge in [-0.2, -0.15) is 0 Å². The van der Waals surface area contributed by atoms with Gasteiger partial charge in [-0.15, -0.1) is 19.9 Å². The summed E-state index contributed by atoms with van der Waals surface area (Å²) >= 11 is 0. The number of hydrogen-bond donors (Lipinski definition) is 2. The Morgan fingerprint density at radius 2 is 0.933 bits per heavy atom. The Labute approximate surface area is 97.6 Å². The molecule has 0 N–H and O–H groups in total. The number of hydrogen-bond acceptors (Lipinski definition) is 2. The van der Waals surface area contributed by atoms with E-state index in [4.69, 9.17) is 0 Å². The van der Waals surface area contributed by atoms with E-state index in [1.54, 1.807) is 0 Å². The summed E-state index contributed by atoms with van der Waals surface area (Å²) in [5.41, 5.74) is 0. The van der Waals surface area contributed by atoms with Crippen LogP contribution in [0.5, 0.6) is 0 Å². The van der Waals surface area contributed by atoms with Crippen molar-refractivity contribution in [3.8, 4) is 0 Å². The molecule has 0 saturated carbocycles. The number of rotatable bonds is 2. The molecule has 5 heteroatoms. The molecule has 2 rings (SSSR count). The summed E-state index contributed by atoms with van der Waals surface area (Å²) in [5, 5.41) is 0. The van der Waals surface area contributed by atoms with Crippen molar-refractivity contribution in [1.82, 2.24) is 0 Å². The second-order valence-corrected chi connectivity index (χ2v) is 15.9. The van der Waals surface area contributed by atoms with Gasteiger partial charge in [-0.05, 0) is 48.7 Å². The van der Waals surface area contributed by atoms with Gasteiger partial charge in [-0.3, -0.25) is 0 Å². The molecule has 0 aromatic carbocycles. The lowest BCUT2D eigenvalue weighted by molar-refractivity contribution is 0.620. The summed E-state index contributed by atoms with van der Waals surface area (Å²) in [6, 6.07) is 0. The Bertz CT molecular complexity index is 264. The van der Waals surface area contributed by atoms with Gasteiger partial charge in [0.1, 0.15) is 0 Å². The minimum absolute atomic E-state index is 0.637. The minimum Gasteiger partial charge on any atom is -0.209 e. The molecule has 0 spiro atoms. The quantitative estimate of drug-likeness (QED) is 0.597. The van der Waals surface area contributed by atoms with Crippen LogP contribution < -0.4 is 0 Å². The van der Waals surface area contributed by atoms with Crippen molar-refractivity contribution in [1.29, 1.82) is 0 Å². The van der Waals surface area contributed by atoms with Gasteiger partial charge in [-0.25, -0.2) is 8.42 Å². The second kappa shape index (κ2) is 5.32. The summed E-state index contributed by atoms with van der Waals surface area (Å²) in [6.45, 7) is 0. The van der Waals surface area contributed by atoms with Crippen LogP contribution in [0.2, 0.25) is 0 Å². The molecule has 0 aromatic heterocycles. The first-order valence-corrected chi connectivity index (χ1v) is 12.1. The van der Waals surface area contributed by atoms with E-state index in [-0.39, 0.29) is 0 Å². The molecule has 2 aliphatic heterocycles. The predicted molar refractivity (Wildman–Crippen MR) is 74.1 cm³/mol. The zero-order valence-electron chi connectivity index (χ0n) is 9.19. The van der Waals surface area contributed by atoms with Crippen molar-refractivity contribution >= 4 is 27.8 Å². The van der Waals surface area contributed by atoms with Crippen molar-refractivity contribution in [2.75, 3.05) is 23.0 Å². The van der Waals surface area contributed by atoms with E-state index >= 15 is 0 Å². The van der Waals surface area contributed by atoms with Crippen LogP contribution in [0.3, 0.4) is 0 Å². The first-order valence-electron chi connectivity index (χ1n) is 5.96. The summed E-state index contributed by atoms with van der Waals surface area (Å²) in [6.07, 6.45) is 7.16. The van der Waals surface area contributed by atoms with Crippen molar-refractivity contribution in [3.05, 3.63) is 0 Å².